The van der Waals surface area contributed by atoms with Crippen molar-refractivity contribution in [3.8, 4) is 0 Å². The molecule has 1 saturated heterocycles. The number of amides is 1. The lowest BCUT2D eigenvalue weighted by Crippen LogP contribution is -2.38. The number of cyclic esters (lactones) is 1. The van der Waals surface area contributed by atoms with Gasteiger partial charge in [0.1, 0.15) is 12.1 Å². The van der Waals surface area contributed by atoms with E-state index in [1.165, 1.54) is 0 Å². The predicted octanol–water partition coefficient (Wildman–Crippen LogP) is 4.15. The Balaban J connectivity index is 1.68. The molecule has 1 aliphatic heterocycles. The van der Waals surface area contributed by atoms with Crippen LogP contribution in [0.3, 0.4) is 0 Å². The van der Waals surface area contributed by atoms with Gasteiger partial charge < -0.3 is 20.4 Å². The van der Waals surface area contributed by atoms with Gasteiger partial charge in [-0.1, -0.05) is 26.0 Å². The van der Waals surface area contributed by atoms with Gasteiger partial charge in [0.05, 0.1) is 17.6 Å². The van der Waals surface area contributed by atoms with E-state index in [-0.39, 0.29) is 24.1 Å². The van der Waals surface area contributed by atoms with Crippen LogP contribution in [0.15, 0.2) is 36.5 Å². The molecule has 0 unspecified atom stereocenters. The zero-order chi connectivity index (χ0) is 20.5. The maximum Gasteiger partial charge on any atom is 0.416 e. The van der Waals surface area contributed by atoms with Crippen molar-refractivity contribution in [1.29, 1.82) is 0 Å². The number of fused-ring (bicyclic) bond motifs is 1. The fraction of sp³-hybridized carbons (Fsp3) is 0.381. The Morgan fingerprint density at radius 3 is 2.62 bits per heavy atom. The number of aromatic amines is 1. The smallest absolute Gasteiger partial charge is 0.416 e. The highest BCUT2D eigenvalue weighted by Crippen LogP contribution is 2.32. The number of hydrogen-bond donors (Lipinski definition) is 3. The third-order valence-corrected chi connectivity index (χ3v) is 5.34. The molecule has 0 spiro atoms. The topological polar surface area (TPSA) is 95.2 Å². The third kappa shape index (κ3) is 3.57. The van der Waals surface area contributed by atoms with E-state index in [0.29, 0.717) is 18.4 Å². The number of benzene rings is 1. The highest BCUT2D eigenvalue weighted by Gasteiger charge is 2.38. The van der Waals surface area contributed by atoms with Crippen LogP contribution in [0.1, 0.15) is 32.4 Å². The first kappa shape index (κ1) is 19.0. The third-order valence-electron chi connectivity index (χ3n) is 5.34. The Labute approximate surface area is 169 Å². The number of aromatic nitrogens is 3. The van der Waals surface area contributed by atoms with Gasteiger partial charge in [-0.2, -0.15) is 4.98 Å². The van der Waals surface area contributed by atoms with Crippen LogP contribution in [0.25, 0.3) is 11.0 Å². The molecule has 1 aliphatic rings. The molecular weight excluding hydrogens is 368 g/mol. The van der Waals surface area contributed by atoms with E-state index in [2.05, 4.69) is 53.5 Å². The Morgan fingerprint density at radius 2 is 1.93 bits per heavy atom. The highest BCUT2D eigenvalue weighted by molar-refractivity contribution is 5.98. The molecule has 0 radical (unpaired) electrons. The predicted molar refractivity (Wildman–Crippen MR) is 114 cm³/mol. The van der Waals surface area contributed by atoms with Crippen molar-refractivity contribution in [3.63, 3.8) is 0 Å². The number of rotatable bonds is 6. The molecular formula is C21H26N6O2. The van der Waals surface area contributed by atoms with Crippen molar-refractivity contribution in [2.75, 3.05) is 29.2 Å². The number of nitrogens with one attached hydrogen (secondary N) is 3. The first-order valence-corrected chi connectivity index (χ1v) is 9.83. The summed E-state index contributed by atoms with van der Waals surface area (Å²) in [5, 5.41) is 6.48. The lowest BCUT2D eigenvalue weighted by atomic mass is 10.0. The summed E-state index contributed by atoms with van der Waals surface area (Å²) in [7, 11) is 1.89. The maximum atomic E-state index is 12.5. The van der Waals surface area contributed by atoms with Crippen LogP contribution in [0.4, 0.5) is 22.2 Å². The Kier molecular flexibility index (Phi) is 5.00. The number of nitrogens with zero attached hydrogens (tertiary/aromatic N) is 3. The van der Waals surface area contributed by atoms with Gasteiger partial charge in [-0.25, -0.2) is 9.78 Å². The molecule has 8 nitrogen and oxygen atoms in total. The lowest BCUT2D eigenvalue weighted by molar-refractivity contribution is 0.177. The van der Waals surface area contributed by atoms with E-state index in [1.54, 1.807) is 11.1 Å². The average molecular weight is 394 g/mol. The lowest BCUT2D eigenvalue weighted by Gasteiger charge is -2.24. The molecule has 0 aliphatic carbocycles. The monoisotopic (exact) mass is 394 g/mol. The summed E-state index contributed by atoms with van der Waals surface area (Å²) in [6, 6.07) is 9.99. The minimum absolute atomic E-state index is 0.00317. The van der Waals surface area contributed by atoms with Crippen LogP contribution < -0.4 is 15.5 Å². The molecule has 1 aromatic carbocycles. The molecule has 29 heavy (non-hydrogen) atoms. The fourth-order valence-corrected chi connectivity index (χ4v) is 3.55. The minimum Gasteiger partial charge on any atom is -0.447 e. The van der Waals surface area contributed by atoms with E-state index in [0.717, 1.165) is 22.3 Å². The van der Waals surface area contributed by atoms with E-state index < -0.39 is 0 Å². The van der Waals surface area contributed by atoms with E-state index in [4.69, 9.17) is 9.72 Å². The number of carbonyl (C=O) groups is 1. The van der Waals surface area contributed by atoms with Gasteiger partial charge in [-0.05, 0) is 36.6 Å². The number of H-pyrrole nitrogens is 1. The second-order valence-corrected chi connectivity index (χ2v) is 7.61. The van der Waals surface area contributed by atoms with Gasteiger partial charge in [-0.15, -0.1) is 0 Å². The number of carbonyl (C=O) groups excluding carboxylic acids is 1. The van der Waals surface area contributed by atoms with Crippen LogP contribution in [0.2, 0.25) is 0 Å². The van der Waals surface area contributed by atoms with Crippen LogP contribution in [-0.4, -0.2) is 40.7 Å². The second-order valence-electron chi connectivity index (χ2n) is 7.61. The molecule has 152 valence electrons. The Bertz CT molecular complexity index is 1010. The van der Waals surface area contributed by atoms with Crippen molar-refractivity contribution < 1.29 is 9.53 Å². The molecule has 0 bridgehead atoms. The van der Waals surface area contributed by atoms with Crippen LogP contribution >= 0.6 is 0 Å². The van der Waals surface area contributed by atoms with E-state index >= 15 is 0 Å². The van der Waals surface area contributed by atoms with Crippen molar-refractivity contribution in [2.24, 2.45) is 5.92 Å². The molecule has 3 heterocycles. The summed E-state index contributed by atoms with van der Waals surface area (Å²) in [6.45, 7) is 6.56. The molecule has 1 amide bonds. The maximum absolute atomic E-state index is 12.5. The normalized spacial score (nSPS) is 17.6. The summed E-state index contributed by atoms with van der Waals surface area (Å²) < 4.78 is 5.32. The van der Waals surface area contributed by atoms with Crippen LogP contribution in [0.5, 0.6) is 0 Å². The number of hydrogen-bond acceptors (Lipinski definition) is 6. The summed E-state index contributed by atoms with van der Waals surface area (Å²) in [6.07, 6.45) is 1.43. The SMILES string of the molecule is CNc1ccc([C@H](C)Nc2nc(N3C(=O)OC[C@@H]3C(C)C)c3[nH]ccc3n2)cc1. The van der Waals surface area contributed by atoms with Gasteiger partial charge in [0, 0.05) is 18.9 Å². The van der Waals surface area contributed by atoms with E-state index in [1.807, 2.05) is 25.2 Å². The molecule has 3 N–H and O–H groups in total. The highest BCUT2D eigenvalue weighted by atomic mass is 16.6. The molecule has 3 aromatic rings. The average Bonchev–Trinajstić information content (AvgIpc) is 3.34. The summed E-state index contributed by atoms with van der Waals surface area (Å²) in [4.78, 5) is 26.6. The van der Waals surface area contributed by atoms with Gasteiger partial charge in [0.25, 0.3) is 0 Å². The first-order chi connectivity index (χ1) is 14.0. The molecule has 1 fully saturated rings. The van der Waals surface area contributed by atoms with Crippen molar-refractivity contribution >= 4 is 34.6 Å². The fourth-order valence-electron chi connectivity index (χ4n) is 3.55. The Morgan fingerprint density at radius 1 is 1.17 bits per heavy atom. The standard InChI is InChI=1S/C21H26N6O2/c1-12(2)17-11-29-21(28)27(17)19-18-16(9-10-23-18)25-20(26-19)24-13(3)14-5-7-15(22-4)8-6-14/h5-10,12-13,17,22-23H,11H2,1-4H3,(H,24,25,26)/t13-,17+/m0/s1. The van der Waals surface area contributed by atoms with Crippen LogP contribution in [0, 0.1) is 5.92 Å². The van der Waals surface area contributed by atoms with Gasteiger partial charge in [0.15, 0.2) is 5.82 Å². The number of anilines is 3. The molecule has 0 saturated carbocycles. The second kappa shape index (κ2) is 7.62. The minimum atomic E-state index is -0.375. The van der Waals surface area contributed by atoms with E-state index in [9.17, 15) is 4.79 Å². The van der Waals surface area contributed by atoms with Crippen molar-refractivity contribution in [2.45, 2.75) is 32.9 Å². The molecule has 4 rings (SSSR count). The molecule has 2 aromatic heterocycles. The quantitative estimate of drug-likeness (QED) is 0.581. The summed E-state index contributed by atoms with van der Waals surface area (Å²) >= 11 is 0. The molecule has 8 heteroatoms. The number of ether oxygens (including phenoxy) is 1. The largest absolute Gasteiger partial charge is 0.447 e. The summed E-state index contributed by atoms with van der Waals surface area (Å²) in [5.74, 6) is 1.25. The van der Waals surface area contributed by atoms with Gasteiger partial charge in [-0.3, -0.25) is 4.90 Å². The summed E-state index contributed by atoms with van der Waals surface area (Å²) in [5.41, 5.74) is 3.65. The zero-order valence-electron chi connectivity index (χ0n) is 17.1. The molecule has 2 atom stereocenters. The van der Waals surface area contributed by atoms with Crippen molar-refractivity contribution in [3.05, 3.63) is 42.1 Å². The van der Waals surface area contributed by atoms with Gasteiger partial charge in [0.2, 0.25) is 5.95 Å². The van der Waals surface area contributed by atoms with Crippen LogP contribution in [-0.2, 0) is 4.74 Å². The Hall–Kier alpha value is -3.29. The van der Waals surface area contributed by atoms with Crippen molar-refractivity contribution in [1.82, 2.24) is 15.0 Å². The van der Waals surface area contributed by atoms with Gasteiger partial charge >= 0.3 is 6.09 Å². The first-order valence-electron chi connectivity index (χ1n) is 9.83. The zero-order valence-corrected chi connectivity index (χ0v) is 17.1.